The monoisotopic (exact) mass is 281 g/mol. The predicted octanol–water partition coefficient (Wildman–Crippen LogP) is 1.87. The normalized spacial score (nSPS) is 16.6. The Bertz CT molecular complexity index is 456. The number of anilines is 1. The lowest BCUT2D eigenvalue weighted by atomic mass is 9.96. The fraction of sp³-hybridized carbons (Fsp3) is 0.500. The Kier molecular flexibility index (Phi) is 4.66. The number of hydrogen-bond donors (Lipinski definition) is 2. The van der Waals surface area contributed by atoms with Crippen LogP contribution in [0.5, 0.6) is 0 Å². The molecule has 3 N–H and O–H groups in total. The van der Waals surface area contributed by atoms with Gasteiger partial charge in [0.2, 0.25) is 0 Å². The topological polar surface area (TPSA) is 58.4 Å². The minimum atomic E-state index is -0.460. The highest BCUT2D eigenvalue weighted by molar-refractivity contribution is 6.34. The van der Waals surface area contributed by atoms with Crippen LogP contribution in [-0.2, 0) is 0 Å². The summed E-state index contributed by atoms with van der Waals surface area (Å²) < 4.78 is 0. The average Bonchev–Trinajstić information content (AvgIpc) is 2.39. The van der Waals surface area contributed by atoms with E-state index in [1.54, 1.807) is 6.07 Å². The Hall–Kier alpha value is -1.26. The number of piperidine rings is 1. The maximum absolute atomic E-state index is 11.6. The number of halogens is 1. The Morgan fingerprint density at radius 3 is 2.74 bits per heavy atom. The first kappa shape index (κ1) is 14.2. The zero-order chi connectivity index (χ0) is 13.8. The summed E-state index contributed by atoms with van der Waals surface area (Å²) in [7, 11) is 1.98. The highest BCUT2D eigenvalue weighted by Crippen LogP contribution is 2.30. The minimum Gasteiger partial charge on any atom is -0.371 e. The molecule has 1 aliphatic rings. The zero-order valence-corrected chi connectivity index (χ0v) is 11.9. The van der Waals surface area contributed by atoms with Crippen LogP contribution in [0.25, 0.3) is 0 Å². The number of carbonyl (C=O) groups is 1. The number of hydrogen-bond acceptors (Lipinski definition) is 3. The second-order valence-corrected chi connectivity index (χ2v) is 5.39. The standard InChI is InChI=1S/C14H20ClN3O/c1-17-9-10-5-7-18(8-6-10)12-4-2-3-11(15)13(12)14(16)19/h2-4,10,17H,5-9H2,1H3,(H2,16,19). The molecule has 0 aromatic heterocycles. The van der Waals surface area contributed by atoms with E-state index in [1.807, 2.05) is 19.2 Å². The summed E-state index contributed by atoms with van der Waals surface area (Å²) in [6.07, 6.45) is 2.23. The van der Waals surface area contributed by atoms with E-state index in [4.69, 9.17) is 17.3 Å². The second-order valence-electron chi connectivity index (χ2n) is 4.99. The third-order valence-corrected chi connectivity index (χ3v) is 4.00. The quantitative estimate of drug-likeness (QED) is 0.886. The molecule has 1 heterocycles. The number of nitrogens with two attached hydrogens (primary N) is 1. The Balaban J connectivity index is 2.15. The van der Waals surface area contributed by atoms with Gasteiger partial charge >= 0.3 is 0 Å². The number of benzene rings is 1. The van der Waals surface area contributed by atoms with Crippen molar-refractivity contribution in [1.82, 2.24) is 5.32 Å². The van der Waals surface area contributed by atoms with E-state index in [2.05, 4.69) is 10.2 Å². The molecule has 1 saturated heterocycles. The number of nitrogens with one attached hydrogen (secondary N) is 1. The summed E-state index contributed by atoms with van der Waals surface area (Å²) in [5.41, 5.74) is 6.74. The lowest BCUT2D eigenvalue weighted by molar-refractivity contribution is 0.100. The SMILES string of the molecule is CNCC1CCN(c2cccc(Cl)c2C(N)=O)CC1. The van der Waals surface area contributed by atoms with Gasteiger partial charge in [-0.2, -0.15) is 0 Å². The fourth-order valence-electron chi connectivity index (χ4n) is 2.69. The van der Waals surface area contributed by atoms with Crippen molar-refractivity contribution in [2.45, 2.75) is 12.8 Å². The summed E-state index contributed by atoms with van der Waals surface area (Å²) in [6.45, 7) is 2.92. The summed E-state index contributed by atoms with van der Waals surface area (Å²) in [5, 5.41) is 3.65. The molecule has 0 aliphatic carbocycles. The van der Waals surface area contributed by atoms with Gasteiger partial charge in [-0.3, -0.25) is 4.79 Å². The van der Waals surface area contributed by atoms with E-state index >= 15 is 0 Å². The van der Waals surface area contributed by atoms with E-state index in [0.717, 1.165) is 38.2 Å². The molecule has 0 unspecified atom stereocenters. The van der Waals surface area contributed by atoms with E-state index in [9.17, 15) is 4.79 Å². The van der Waals surface area contributed by atoms with Crippen molar-refractivity contribution in [3.63, 3.8) is 0 Å². The van der Waals surface area contributed by atoms with Crippen molar-refractivity contribution in [3.8, 4) is 0 Å². The largest absolute Gasteiger partial charge is 0.371 e. The van der Waals surface area contributed by atoms with Gasteiger partial charge in [-0.05, 0) is 44.5 Å². The number of rotatable bonds is 4. The van der Waals surface area contributed by atoms with Crippen LogP contribution in [0.3, 0.4) is 0 Å². The first-order valence-corrected chi connectivity index (χ1v) is 6.99. The first-order valence-electron chi connectivity index (χ1n) is 6.61. The molecule has 1 amide bonds. The summed E-state index contributed by atoms with van der Waals surface area (Å²) in [4.78, 5) is 13.8. The molecule has 1 aliphatic heterocycles. The van der Waals surface area contributed by atoms with Crippen LogP contribution >= 0.6 is 11.6 Å². The summed E-state index contributed by atoms with van der Waals surface area (Å²) in [5.74, 6) is 0.246. The molecule has 0 bridgehead atoms. The van der Waals surface area contributed by atoms with Crippen LogP contribution in [0, 0.1) is 5.92 Å². The third kappa shape index (κ3) is 3.19. The molecule has 1 fully saturated rings. The molecular weight excluding hydrogens is 262 g/mol. The van der Waals surface area contributed by atoms with Gasteiger partial charge in [-0.25, -0.2) is 0 Å². The van der Waals surface area contributed by atoms with Gasteiger partial charge < -0.3 is 16.0 Å². The van der Waals surface area contributed by atoms with Gasteiger partial charge in [0.15, 0.2) is 0 Å². The number of carbonyl (C=O) groups excluding carboxylic acids is 1. The van der Waals surface area contributed by atoms with E-state index in [0.29, 0.717) is 16.5 Å². The lowest BCUT2D eigenvalue weighted by Gasteiger charge is -2.34. The van der Waals surface area contributed by atoms with E-state index in [-0.39, 0.29) is 0 Å². The maximum Gasteiger partial charge on any atom is 0.252 e. The molecule has 104 valence electrons. The Labute approximate surface area is 118 Å². The molecular formula is C14H20ClN3O. The summed E-state index contributed by atoms with van der Waals surface area (Å²) >= 11 is 6.08. The van der Waals surface area contributed by atoms with Crippen LogP contribution in [0.2, 0.25) is 5.02 Å². The Morgan fingerprint density at radius 2 is 2.16 bits per heavy atom. The maximum atomic E-state index is 11.6. The molecule has 19 heavy (non-hydrogen) atoms. The van der Waals surface area contributed by atoms with Gasteiger partial charge in [-0.15, -0.1) is 0 Å². The van der Waals surface area contributed by atoms with Crippen molar-refractivity contribution < 1.29 is 4.79 Å². The van der Waals surface area contributed by atoms with Crippen molar-refractivity contribution in [1.29, 1.82) is 0 Å². The van der Waals surface area contributed by atoms with Crippen LogP contribution in [0.1, 0.15) is 23.2 Å². The molecule has 1 aromatic carbocycles. The highest BCUT2D eigenvalue weighted by atomic mass is 35.5. The smallest absolute Gasteiger partial charge is 0.252 e. The molecule has 0 saturated carbocycles. The number of amides is 1. The van der Waals surface area contributed by atoms with Gasteiger partial charge in [0.05, 0.1) is 16.3 Å². The molecule has 4 nitrogen and oxygen atoms in total. The average molecular weight is 282 g/mol. The molecule has 0 spiro atoms. The molecule has 0 radical (unpaired) electrons. The van der Waals surface area contributed by atoms with Crippen molar-refractivity contribution in [2.24, 2.45) is 11.7 Å². The minimum absolute atomic E-state index is 0.433. The van der Waals surface area contributed by atoms with Crippen molar-refractivity contribution >= 4 is 23.2 Å². The van der Waals surface area contributed by atoms with Crippen LogP contribution < -0.4 is 16.0 Å². The fourth-order valence-corrected chi connectivity index (χ4v) is 2.95. The molecule has 5 heteroatoms. The van der Waals surface area contributed by atoms with E-state index < -0.39 is 5.91 Å². The summed E-state index contributed by atoms with van der Waals surface area (Å²) in [6, 6.07) is 5.49. The second kappa shape index (κ2) is 6.26. The van der Waals surface area contributed by atoms with E-state index in [1.165, 1.54) is 0 Å². The third-order valence-electron chi connectivity index (χ3n) is 3.69. The molecule has 0 atom stereocenters. The van der Waals surface area contributed by atoms with Gasteiger partial charge in [-0.1, -0.05) is 17.7 Å². The zero-order valence-electron chi connectivity index (χ0n) is 11.2. The van der Waals surface area contributed by atoms with Crippen LogP contribution in [-0.4, -0.2) is 32.6 Å². The molecule has 1 aromatic rings. The van der Waals surface area contributed by atoms with Crippen molar-refractivity contribution in [2.75, 3.05) is 31.6 Å². The first-order chi connectivity index (χ1) is 9.13. The van der Waals surface area contributed by atoms with Gasteiger partial charge in [0.25, 0.3) is 5.91 Å². The number of nitrogens with zero attached hydrogens (tertiary/aromatic N) is 1. The Morgan fingerprint density at radius 1 is 1.47 bits per heavy atom. The van der Waals surface area contributed by atoms with Crippen LogP contribution in [0.4, 0.5) is 5.69 Å². The number of primary amides is 1. The van der Waals surface area contributed by atoms with Gasteiger partial charge in [0, 0.05) is 13.1 Å². The molecule has 2 rings (SSSR count). The van der Waals surface area contributed by atoms with Crippen molar-refractivity contribution in [3.05, 3.63) is 28.8 Å². The van der Waals surface area contributed by atoms with Crippen LogP contribution in [0.15, 0.2) is 18.2 Å². The van der Waals surface area contributed by atoms with Gasteiger partial charge in [0.1, 0.15) is 0 Å². The predicted molar refractivity (Wildman–Crippen MR) is 78.8 cm³/mol. The lowest BCUT2D eigenvalue weighted by Crippen LogP contribution is -2.37. The highest BCUT2D eigenvalue weighted by Gasteiger charge is 2.23.